The first kappa shape index (κ1) is 13.9. The third-order valence-corrected chi connectivity index (χ3v) is 3.56. The Labute approximate surface area is 114 Å². The highest BCUT2D eigenvalue weighted by atomic mass is 16.5. The summed E-state index contributed by atoms with van der Waals surface area (Å²) >= 11 is 0. The van der Waals surface area contributed by atoms with Crippen LogP contribution < -0.4 is 4.74 Å². The van der Waals surface area contributed by atoms with Crippen molar-refractivity contribution in [1.29, 1.82) is 0 Å². The molecule has 2 rings (SSSR count). The number of carboxylic acids is 1. The number of hydrogen-bond acceptors (Lipinski definition) is 2. The molecule has 1 aliphatic rings. The van der Waals surface area contributed by atoms with Crippen molar-refractivity contribution < 1.29 is 14.6 Å². The number of aryl methyl sites for hydroxylation is 1. The van der Waals surface area contributed by atoms with Crippen molar-refractivity contribution in [2.45, 2.75) is 45.4 Å². The van der Waals surface area contributed by atoms with Crippen LogP contribution in [0.4, 0.5) is 0 Å². The van der Waals surface area contributed by atoms with Crippen LogP contribution in [-0.2, 0) is 11.2 Å². The number of ether oxygens (including phenoxy) is 1. The number of rotatable bonds is 5. The standard InChI is InChI=1S/C16H22O3/c1-11(2)10-19-14-7-6-12-4-3-5-13(8-16(17)18)15(12)9-14/h6-7,9,11,13H,3-5,8,10H2,1-2H3,(H,17,18). The Bertz CT molecular complexity index is 451. The highest BCUT2D eigenvalue weighted by Gasteiger charge is 2.23. The van der Waals surface area contributed by atoms with Crippen LogP contribution >= 0.6 is 0 Å². The molecule has 0 heterocycles. The lowest BCUT2D eigenvalue weighted by Crippen LogP contribution is -2.14. The Kier molecular flexibility index (Phi) is 4.46. The van der Waals surface area contributed by atoms with E-state index in [2.05, 4.69) is 19.9 Å². The first-order valence-corrected chi connectivity index (χ1v) is 7.03. The van der Waals surface area contributed by atoms with E-state index in [9.17, 15) is 4.79 Å². The predicted molar refractivity (Wildman–Crippen MR) is 74.7 cm³/mol. The lowest BCUT2D eigenvalue weighted by molar-refractivity contribution is -0.137. The van der Waals surface area contributed by atoms with Gasteiger partial charge in [0, 0.05) is 0 Å². The lowest BCUT2D eigenvalue weighted by atomic mass is 9.81. The Morgan fingerprint density at radius 2 is 2.26 bits per heavy atom. The zero-order valence-electron chi connectivity index (χ0n) is 11.7. The molecule has 1 N–H and O–H groups in total. The van der Waals surface area contributed by atoms with Gasteiger partial charge in [0.05, 0.1) is 13.0 Å². The van der Waals surface area contributed by atoms with E-state index in [-0.39, 0.29) is 12.3 Å². The van der Waals surface area contributed by atoms with Crippen LogP contribution in [0.3, 0.4) is 0 Å². The molecular weight excluding hydrogens is 240 g/mol. The van der Waals surface area contributed by atoms with Crippen LogP contribution in [0.5, 0.6) is 5.75 Å². The molecule has 104 valence electrons. The van der Waals surface area contributed by atoms with Crippen LogP contribution in [0, 0.1) is 5.92 Å². The minimum absolute atomic E-state index is 0.142. The second-order valence-corrected chi connectivity index (χ2v) is 5.75. The van der Waals surface area contributed by atoms with Gasteiger partial charge in [0.25, 0.3) is 0 Å². The molecule has 0 bridgehead atoms. The smallest absolute Gasteiger partial charge is 0.303 e. The topological polar surface area (TPSA) is 46.5 Å². The van der Waals surface area contributed by atoms with Gasteiger partial charge in [0.15, 0.2) is 0 Å². The van der Waals surface area contributed by atoms with Gasteiger partial charge in [-0.3, -0.25) is 4.79 Å². The summed E-state index contributed by atoms with van der Waals surface area (Å²) in [6, 6.07) is 6.15. The van der Waals surface area contributed by atoms with Crippen molar-refractivity contribution >= 4 is 5.97 Å². The number of hydrogen-bond donors (Lipinski definition) is 1. The van der Waals surface area contributed by atoms with E-state index in [1.165, 1.54) is 11.1 Å². The Hall–Kier alpha value is -1.51. The molecule has 19 heavy (non-hydrogen) atoms. The number of fused-ring (bicyclic) bond motifs is 1. The summed E-state index contributed by atoms with van der Waals surface area (Å²) < 4.78 is 5.74. The minimum Gasteiger partial charge on any atom is -0.493 e. The average molecular weight is 262 g/mol. The third-order valence-electron chi connectivity index (χ3n) is 3.56. The van der Waals surface area contributed by atoms with E-state index in [1.54, 1.807) is 0 Å². The molecule has 0 aromatic heterocycles. The van der Waals surface area contributed by atoms with E-state index in [1.807, 2.05) is 12.1 Å². The number of carbonyl (C=O) groups is 1. The van der Waals surface area contributed by atoms with E-state index in [4.69, 9.17) is 9.84 Å². The molecule has 3 nitrogen and oxygen atoms in total. The second kappa shape index (κ2) is 6.09. The fraction of sp³-hybridized carbons (Fsp3) is 0.562. The maximum absolute atomic E-state index is 10.9. The molecule has 1 aliphatic carbocycles. The van der Waals surface area contributed by atoms with Crippen molar-refractivity contribution in [3.05, 3.63) is 29.3 Å². The molecule has 1 atom stereocenters. The number of carboxylic acid groups (broad SMARTS) is 1. The van der Waals surface area contributed by atoms with Crippen molar-refractivity contribution in [1.82, 2.24) is 0 Å². The molecule has 3 heteroatoms. The summed E-state index contributed by atoms with van der Waals surface area (Å²) in [5.74, 6) is 0.783. The Morgan fingerprint density at radius 3 is 2.95 bits per heavy atom. The molecule has 0 saturated heterocycles. The normalized spacial score (nSPS) is 18.2. The van der Waals surface area contributed by atoms with Crippen LogP contribution in [0.2, 0.25) is 0 Å². The molecule has 0 fully saturated rings. The van der Waals surface area contributed by atoms with Crippen molar-refractivity contribution in [2.75, 3.05) is 6.61 Å². The van der Waals surface area contributed by atoms with Gasteiger partial charge in [-0.1, -0.05) is 19.9 Å². The van der Waals surface area contributed by atoms with Gasteiger partial charge >= 0.3 is 5.97 Å². The number of aliphatic carboxylic acids is 1. The highest BCUT2D eigenvalue weighted by molar-refractivity contribution is 5.68. The monoisotopic (exact) mass is 262 g/mol. The molecule has 0 spiro atoms. The van der Waals surface area contributed by atoms with E-state index in [0.717, 1.165) is 25.0 Å². The highest BCUT2D eigenvalue weighted by Crippen LogP contribution is 2.36. The summed E-state index contributed by atoms with van der Waals surface area (Å²) in [6.07, 6.45) is 3.32. The summed E-state index contributed by atoms with van der Waals surface area (Å²) in [6.45, 7) is 4.93. The second-order valence-electron chi connectivity index (χ2n) is 5.75. The summed E-state index contributed by atoms with van der Waals surface area (Å²) in [5.41, 5.74) is 2.46. The van der Waals surface area contributed by atoms with Crippen molar-refractivity contribution in [3.63, 3.8) is 0 Å². The summed E-state index contributed by atoms with van der Waals surface area (Å²) in [5, 5.41) is 9.01. The fourth-order valence-electron chi connectivity index (χ4n) is 2.65. The number of benzene rings is 1. The van der Waals surface area contributed by atoms with Gasteiger partial charge in [-0.05, 0) is 54.4 Å². The minimum atomic E-state index is -0.716. The predicted octanol–water partition coefficient (Wildman–Crippen LogP) is 3.62. The van der Waals surface area contributed by atoms with Crippen molar-refractivity contribution in [2.24, 2.45) is 5.92 Å². The molecule has 1 aromatic carbocycles. The maximum atomic E-state index is 10.9. The fourth-order valence-corrected chi connectivity index (χ4v) is 2.65. The molecule has 0 amide bonds. The van der Waals surface area contributed by atoms with Gasteiger partial charge in [0.2, 0.25) is 0 Å². The Morgan fingerprint density at radius 1 is 1.47 bits per heavy atom. The lowest BCUT2D eigenvalue weighted by Gasteiger charge is -2.25. The maximum Gasteiger partial charge on any atom is 0.303 e. The summed E-state index contributed by atoms with van der Waals surface area (Å²) in [7, 11) is 0. The quantitative estimate of drug-likeness (QED) is 0.881. The van der Waals surface area contributed by atoms with E-state index in [0.29, 0.717) is 12.5 Å². The van der Waals surface area contributed by atoms with Crippen LogP contribution in [-0.4, -0.2) is 17.7 Å². The Balaban J connectivity index is 2.17. The first-order chi connectivity index (χ1) is 9.06. The SMILES string of the molecule is CC(C)COc1ccc2c(c1)C(CC(=O)O)CCC2. The van der Waals surface area contributed by atoms with Crippen LogP contribution in [0.1, 0.15) is 50.2 Å². The van der Waals surface area contributed by atoms with Crippen LogP contribution in [0.15, 0.2) is 18.2 Å². The molecule has 1 unspecified atom stereocenters. The van der Waals surface area contributed by atoms with Crippen LogP contribution in [0.25, 0.3) is 0 Å². The zero-order valence-corrected chi connectivity index (χ0v) is 11.7. The first-order valence-electron chi connectivity index (χ1n) is 7.03. The largest absolute Gasteiger partial charge is 0.493 e. The molecule has 0 saturated carbocycles. The van der Waals surface area contributed by atoms with Gasteiger partial charge in [-0.2, -0.15) is 0 Å². The zero-order chi connectivity index (χ0) is 13.8. The third kappa shape index (κ3) is 3.72. The van der Waals surface area contributed by atoms with Gasteiger partial charge in [0.1, 0.15) is 5.75 Å². The van der Waals surface area contributed by atoms with Gasteiger partial charge in [-0.15, -0.1) is 0 Å². The molecule has 0 radical (unpaired) electrons. The van der Waals surface area contributed by atoms with E-state index < -0.39 is 5.97 Å². The van der Waals surface area contributed by atoms with E-state index >= 15 is 0 Å². The van der Waals surface area contributed by atoms with Gasteiger partial charge < -0.3 is 9.84 Å². The van der Waals surface area contributed by atoms with Crippen molar-refractivity contribution in [3.8, 4) is 5.75 Å². The molecular formula is C16H22O3. The summed E-state index contributed by atoms with van der Waals surface area (Å²) in [4.78, 5) is 10.9. The molecule has 0 aliphatic heterocycles. The molecule has 1 aromatic rings. The van der Waals surface area contributed by atoms with Gasteiger partial charge in [-0.25, -0.2) is 0 Å². The average Bonchev–Trinajstić information content (AvgIpc) is 2.36.